The maximum atomic E-state index is 13.0. The summed E-state index contributed by atoms with van der Waals surface area (Å²) in [6.45, 7) is 1.66. The van der Waals surface area contributed by atoms with Crippen LogP contribution in [0.3, 0.4) is 0 Å². The predicted octanol–water partition coefficient (Wildman–Crippen LogP) is 4.27. The van der Waals surface area contributed by atoms with Gasteiger partial charge in [-0.2, -0.15) is 0 Å². The number of carbonyl (C=O) groups is 2. The van der Waals surface area contributed by atoms with Crippen molar-refractivity contribution in [1.29, 1.82) is 0 Å². The molecule has 0 radical (unpaired) electrons. The molecule has 0 bridgehead atoms. The first-order chi connectivity index (χ1) is 12.9. The van der Waals surface area contributed by atoms with Crippen LogP contribution in [0, 0.1) is 5.82 Å². The van der Waals surface area contributed by atoms with E-state index >= 15 is 0 Å². The molecule has 2 aromatic heterocycles. The second-order valence-electron chi connectivity index (χ2n) is 6.20. The Hall–Kier alpha value is -2.52. The molecule has 1 saturated heterocycles. The highest BCUT2D eigenvalue weighted by molar-refractivity contribution is 9.11. The summed E-state index contributed by atoms with van der Waals surface area (Å²) in [5.74, 6) is -0.417. The molecule has 1 fully saturated rings. The Morgan fingerprint density at radius 3 is 2.67 bits per heavy atom. The number of aromatic nitrogens is 1. The van der Waals surface area contributed by atoms with Gasteiger partial charge in [0.25, 0.3) is 5.91 Å². The minimum atomic E-state index is -1.11. The third-order valence-corrected chi connectivity index (χ3v) is 6.15. The maximum Gasteiger partial charge on any atom is 0.325 e. The second kappa shape index (κ2) is 6.58. The molecule has 1 aromatic carbocycles. The van der Waals surface area contributed by atoms with E-state index in [0.29, 0.717) is 17.1 Å². The van der Waals surface area contributed by atoms with Crippen molar-refractivity contribution in [3.05, 3.63) is 62.8 Å². The monoisotopic (exact) mass is 449 g/mol. The Labute approximate surface area is 166 Å². The fraction of sp³-hybridized carbons (Fsp3) is 0.167. The van der Waals surface area contributed by atoms with Crippen molar-refractivity contribution >= 4 is 39.2 Å². The average molecular weight is 450 g/mol. The van der Waals surface area contributed by atoms with Crippen molar-refractivity contribution in [2.24, 2.45) is 0 Å². The fourth-order valence-corrected chi connectivity index (χ4v) is 4.34. The van der Waals surface area contributed by atoms with Crippen LogP contribution < -0.4 is 5.32 Å². The fourth-order valence-electron chi connectivity index (χ4n) is 2.86. The van der Waals surface area contributed by atoms with Crippen LogP contribution in [0.4, 0.5) is 9.18 Å². The molecule has 4 rings (SSSR count). The summed E-state index contributed by atoms with van der Waals surface area (Å²) in [6, 6.07) is 8.86. The Bertz CT molecular complexity index is 1030. The van der Waals surface area contributed by atoms with Crippen molar-refractivity contribution in [2.45, 2.75) is 19.0 Å². The molecule has 3 aromatic rings. The van der Waals surface area contributed by atoms with Gasteiger partial charge in [-0.1, -0.05) is 0 Å². The molecule has 138 valence electrons. The summed E-state index contributed by atoms with van der Waals surface area (Å²) in [4.78, 5) is 31.4. The van der Waals surface area contributed by atoms with E-state index < -0.39 is 11.6 Å². The van der Waals surface area contributed by atoms with Crippen LogP contribution in [0.1, 0.15) is 17.5 Å². The highest BCUT2D eigenvalue weighted by Gasteiger charge is 2.50. The SMILES string of the molecule is CC1(c2ccc(Br)s2)NC(=O)N(Cc2coc(-c3ccc(F)cc3)n2)C1=O. The van der Waals surface area contributed by atoms with Crippen LogP contribution >= 0.6 is 27.3 Å². The minimum absolute atomic E-state index is 0.0164. The molecule has 3 heterocycles. The molecule has 0 aliphatic carbocycles. The molecule has 1 aliphatic rings. The van der Waals surface area contributed by atoms with Crippen LogP contribution in [0.25, 0.3) is 11.5 Å². The summed E-state index contributed by atoms with van der Waals surface area (Å²) >= 11 is 4.76. The third kappa shape index (κ3) is 3.17. The van der Waals surface area contributed by atoms with Crippen molar-refractivity contribution < 1.29 is 18.4 Å². The zero-order chi connectivity index (χ0) is 19.2. The normalized spacial score (nSPS) is 19.6. The maximum absolute atomic E-state index is 13.0. The molecule has 0 saturated carbocycles. The molecule has 9 heteroatoms. The van der Waals surface area contributed by atoms with E-state index in [1.807, 2.05) is 6.07 Å². The van der Waals surface area contributed by atoms with Crippen LogP contribution in [0.5, 0.6) is 0 Å². The van der Waals surface area contributed by atoms with Gasteiger partial charge in [0.1, 0.15) is 12.1 Å². The Morgan fingerprint density at radius 1 is 1.26 bits per heavy atom. The number of urea groups is 1. The number of oxazole rings is 1. The zero-order valence-corrected chi connectivity index (χ0v) is 16.4. The molecule has 1 aliphatic heterocycles. The van der Waals surface area contributed by atoms with Gasteiger partial charge in [0.05, 0.1) is 16.0 Å². The number of thiophene rings is 1. The molecule has 3 amide bonds. The molecule has 1 atom stereocenters. The van der Waals surface area contributed by atoms with Crippen LogP contribution in [-0.2, 0) is 16.9 Å². The minimum Gasteiger partial charge on any atom is -0.444 e. The number of hydrogen-bond acceptors (Lipinski definition) is 5. The molecule has 1 unspecified atom stereocenters. The number of halogens is 2. The summed E-state index contributed by atoms with van der Waals surface area (Å²) in [6.07, 6.45) is 1.39. The van der Waals surface area contributed by atoms with Crippen LogP contribution in [0.2, 0.25) is 0 Å². The number of imide groups is 1. The van der Waals surface area contributed by atoms with Gasteiger partial charge in [-0.25, -0.2) is 14.2 Å². The summed E-state index contributed by atoms with van der Waals surface area (Å²) in [7, 11) is 0. The number of benzene rings is 1. The smallest absolute Gasteiger partial charge is 0.325 e. The van der Waals surface area contributed by atoms with Crippen LogP contribution in [0.15, 0.2) is 50.9 Å². The van der Waals surface area contributed by atoms with Crippen molar-refractivity contribution in [2.75, 3.05) is 0 Å². The van der Waals surface area contributed by atoms with E-state index in [-0.39, 0.29) is 18.3 Å². The Kier molecular flexibility index (Phi) is 4.35. The van der Waals surface area contributed by atoms with Crippen molar-refractivity contribution in [1.82, 2.24) is 15.2 Å². The second-order valence-corrected chi connectivity index (χ2v) is 8.66. The van der Waals surface area contributed by atoms with E-state index in [9.17, 15) is 14.0 Å². The topological polar surface area (TPSA) is 75.4 Å². The predicted molar refractivity (Wildman–Crippen MR) is 100 cm³/mol. The van der Waals surface area contributed by atoms with E-state index in [1.165, 1.54) is 29.7 Å². The number of carbonyl (C=O) groups excluding carboxylic acids is 2. The standard InChI is InChI=1S/C18H13BrFN3O3S/c1-18(13-6-7-14(19)27-13)16(24)23(17(25)22-18)8-12-9-26-15(21-12)10-2-4-11(20)5-3-10/h2-7,9H,8H2,1H3,(H,22,25). The lowest BCUT2D eigenvalue weighted by Crippen LogP contribution is -2.40. The third-order valence-electron chi connectivity index (χ3n) is 4.30. The number of hydrogen-bond donors (Lipinski definition) is 1. The molecule has 1 N–H and O–H groups in total. The van der Waals surface area contributed by atoms with E-state index in [2.05, 4.69) is 26.2 Å². The highest BCUT2D eigenvalue weighted by Crippen LogP contribution is 2.36. The number of rotatable bonds is 4. The summed E-state index contributed by atoms with van der Waals surface area (Å²) in [5.41, 5.74) is -0.0836. The molecule has 6 nitrogen and oxygen atoms in total. The Morgan fingerprint density at radius 2 is 2.00 bits per heavy atom. The summed E-state index contributed by atoms with van der Waals surface area (Å²) < 4.78 is 19.3. The van der Waals surface area contributed by atoms with E-state index in [0.717, 1.165) is 13.6 Å². The first-order valence-corrected chi connectivity index (χ1v) is 9.58. The van der Waals surface area contributed by atoms with Gasteiger partial charge in [0.15, 0.2) is 5.54 Å². The van der Waals surface area contributed by atoms with E-state index in [1.54, 1.807) is 25.1 Å². The summed E-state index contributed by atoms with van der Waals surface area (Å²) in [5, 5.41) is 2.75. The lowest BCUT2D eigenvalue weighted by Gasteiger charge is -2.19. The van der Waals surface area contributed by atoms with Gasteiger partial charge >= 0.3 is 6.03 Å². The first kappa shape index (κ1) is 17.9. The van der Waals surface area contributed by atoms with E-state index in [4.69, 9.17) is 4.42 Å². The van der Waals surface area contributed by atoms with Gasteiger partial charge in [-0.3, -0.25) is 9.69 Å². The largest absolute Gasteiger partial charge is 0.444 e. The molecule has 0 spiro atoms. The lowest BCUT2D eigenvalue weighted by atomic mass is 10.0. The molecular formula is C18H13BrFN3O3S. The highest BCUT2D eigenvalue weighted by atomic mass is 79.9. The van der Waals surface area contributed by atoms with Gasteiger partial charge in [0, 0.05) is 10.4 Å². The van der Waals surface area contributed by atoms with Gasteiger partial charge in [-0.05, 0) is 59.3 Å². The number of amides is 3. The first-order valence-electron chi connectivity index (χ1n) is 7.97. The van der Waals surface area contributed by atoms with Crippen molar-refractivity contribution in [3.8, 4) is 11.5 Å². The molecule has 27 heavy (non-hydrogen) atoms. The van der Waals surface area contributed by atoms with Gasteiger partial charge in [0.2, 0.25) is 5.89 Å². The van der Waals surface area contributed by atoms with Crippen molar-refractivity contribution in [3.63, 3.8) is 0 Å². The quantitative estimate of drug-likeness (QED) is 0.603. The average Bonchev–Trinajstić information content (AvgIpc) is 3.33. The lowest BCUT2D eigenvalue weighted by molar-refractivity contribution is -0.131. The Balaban J connectivity index is 1.55. The van der Waals surface area contributed by atoms with Gasteiger partial charge in [-0.15, -0.1) is 11.3 Å². The zero-order valence-electron chi connectivity index (χ0n) is 14.0. The molecular weight excluding hydrogens is 437 g/mol. The number of nitrogens with zero attached hydrogens (tertiary/aromatic N) is 2. The van der Waals surface area contributed by atoms with Gasteiger partial charge < -0.3 is 9.73 Å². The number of nitrogens with one attached hydrogen (secondary N) is 1. The van der Waals surface area contributed by atoms with Crippen LogP contribution in [-0.4, -0.2) is 21.8 Å².